The van der Waals surface area contributed by atoms with Crippen LogP contribution in [0.5, 0.6) is 0 Å². The molecule has 0 radical (unpaired) electrons. The summed E-state index contributed by atoms with van der Waals surface area (Å²) in [5.74, 6) is -0.498. The van der Waals surface area contributed by atoms with Crippen LogP contribution in [-0.4, -0.2) is 38.7 Å². The highest BCUT2D eigenvalue weighted by atomic mass is 16.5. The number of carbonyl (C=O) groups excluding carboxylic acids is 1. The first-order valence-electron chi connectivity index (χ1n) is 6.37. The van der Waals surface area contributed by atoms with Crippen LogP contribution in [-0.2, 0) is 16.0 Å². The lowest BCUT2D eigenvalue weighted by Gasteiger charge is -2.00. The van der Waals surface area contributed by atoms with Gasteiger partial charge in [-0.2, -0.15) is 4.98 Å². The monoisotopic (exact) mass is 290 g/mol. The fourth-order valence-electron chi connectivity index (χ4n) is 1.57. The van der Waals surface area contributed by atoms with E-state index < -0.39 is 5.97 Å². The Hall–Kier alpha value is -2.77. The molecule has 2 heterocycles. The van der Waals surface area contributed by atoms with Crippen molar-refractivity contribution in [2.45, 2.75) is 19.3 Å². The molecule has 2 rings (SSSR count). The average Bonchev–Trinajstić information content (AvgIpc) is 2.94. The van der Waals surface area contributed by atoms with Gasteiger partial charge >= 0.3 is 5.97 Å². The molecule has 0 bridgehead atoms. The van der Waals surface area contributed by atoms with Crippen LogP contribution in [0.15, 0.2) is 28.9 Å². The number of nitrogens with zero attached hydrogens (tertiary/aromatic N) is 3. The summed E-state index contributed by atoms with van der Waals surface area (Å²) in [4.78, 5) is 30.0. The van der Waals surface area contributed by atoms with Crippen molar-refractivity contribution in [1.82, 2.24) is 20.4 Å². The van der Waals surface area contributed by atoms with Gasteiger partial charge in [0, 0.05) is 25.6 Å². The van der Waals surface area contributed by atoms with Crippen molar-refractivity contribution in [3.05, 3.63) is 30.3 Å². The van der Waals surface area contributed by atoms with E-state index in [-0.39, 0.29) is 25.3 Å². The first-order valence-corrected chi connectivity index (χ1v) is 6.37. The van der Waals surface area contributed by atoms with Crippen molar-refractivity contribution in [2.75, 3.05) is 6.54 Å². The van der Waals surface area contributed by atoms with Crippen LogP contribution in [0.25, 0.3) is 11.5 Å². The molecule has 0 aliphatic heterocycles. The van der Waals surface area contributed by atoms with Crippen LogP contribution in [0.3, 0.4) is 0 Å². The molecule has 110 valence electrons. The molecule has 0 saturated carbocycles. The zero-order valence-electron chi connectivity index (χ0n) is 11.2. The van der Waals surface area contributed by atoms with Gasteiger partial charge in [-0.1, -0.05) is 11.2 Å². The topological polar surface area (TPSA) is 118 Å². The van der Waals surface area contributed by atoms with Crippen molar-refractivity contribution in [3.63, 3.8) is 0 Å². The molecule has 2 N–H and O–H groups in total. The number of hydrogen-bond acceptors (Lipinski definition) is 6. The van der Waals surface area contributed by atoms with Crippen molar-refractivity contribution in [2.24, 2.45) is 0 Å². The Morgan fingerprint density at radius 3 is 2.86 bits per heavy atom. The molecule has 0 saturated heterocycles. The van der Waals surface area contributed by atoms with Crippen LogP contribution >= 0.6 is 0 Å². The molecule has 0 atom stereocenters. The fourth-order valence-corrected chi connectivity index (χ4v) is 1.57. The summed E-state index contributed by atoms with van der Waals surface area (Å²) in [6.45, 7) is 0.108. The van der Waals surface area contributed by atoms with Gasteiger partial charge in [0.1, 0.15) is 5.69 Å². The second kappa shape index (κ2) is 7.13. The summed E-state index contributed by atoms with van der Waals surface area (Å²) >= 11 is 0. The highest BCUT2D eigenvalue weighted by Gasteiger charge is 2.11. The molecule has 0 aliphatic carbocycles. The zero-order valence-corrected chi connectivity index (χ0v) is 11.2. The molecule has 0 fully saturated rings. The van der Waals surface area contributed by atoms with Crippen LogP contribution in [0, 0.1) is 0 Å². The molecule has 8 heteroatoms. The quantitative estimate of drug-likeness (QED) is 0.768. The normalized spacial score (nSPS) is 10.3. The third kappa shape index (κ3) is 4.68. The second-order valence-electron chi connectivity index (χ2n) is 4.22. The number of amides is 1. The Morgan fingerprint density at radius 2 is 2.14 bits per heavy atom. The highest BCUT2D eigenvalue weighted by Crippen LogP contribution is 2.12. The molecule has 2 aromatic rings. The SMILES string of the molecule is O=C(O)CCNC(=O)CCc1nc(-c2ccccn2)no1. The van der Waals surface area contributed by atoms with Gasteiger partial charge in [-0.3, -0.25) is 14.6 Å². The Kier molecular flexibility index (Phi) is 4.97. The molecule has 0 unspecified atom stereocenters. The van der Waals surface area contributed by atoms with E-state index in [4.69, 9.17) is 9.63 Å². The lowest BCUT2D eigenvalue weighted by molar-refractivity contribution is -0.136. The average molecular weight is 290 g/mol. The summed E-state index contributed by atoms with van der Waals surface area (Å²) < 4.78 is 5.04. The third-order valence-electron chi connectivity index (χ3n) is 2.59. The number of nitrogens with one attached hydrogen (secondary N) is 1. The minimum atomic E-state index is -0.952. The van der Waals surface area contributed by atoms with E-state index in [0.717, 1.165) is 0 Å². The highest BCUT2D eigenvalue weighted by molar-refractivity contribution is 5.76. The van der Waals surface area contributed by atoms with Gasteiger partial charge in [-0.05, 0) is 12.1 Å². The predicted molar refractivity (Wildman–Crippen MR) is 71.1 cm³/mol. The first kappa shape index (κ1) is 14.6. The lowest BCUT2D eigenvalue weighted by atomic mass is 10.3. The number of hydrogen-bond donors (Lipinski definition) is 2. The number of pyridine rings is 1. The van der Waals surface area contributed by atoms with E-state index in [1.807, 2.05) is 6.07 Å². The minimum Gasteiger partial charge on any atom is -0.481 e. The summed E-state index contributed by atoms with van der Waals surface area (Å²) in [5.41, 5.74) is 0.596. The largest absolute Gasteiger partial charge is 0.481 e. The molecule has 1 amide bonds. The second-order valence-corrected chi connectivity index (χ2v) is 4.22. The summed E-state index contributed by atoms with van der Waals surface area (Å²) in [5, 5.41) is 14.7. The smallest absolute Gasteiger partial charge is 0.305 e. The molecular formula is C13H14N4O4. The number of aryl methyl sites for hydroxylation is 1. The lowest BCUT2D eigenvalue weighted by Crippen LogP contribution is -2.26. The van der Waals surface area contributed by atoms with Crippen LogP contribution in [0.2, 0.25) is 0 Å². The Balaban J connectivity index is 1.80. The Labute approximate surface area is 120 Å². The van der Waals surface area contributed by atoms with E-state index in [1.165, 1.54) is 0 Å². The Bertz CT molecular complexity index is 612. The maximum Gasteiger partial charge on any atom is 0.305 e. The molecular weight excluding hydrogens is 276 g/mol. The van der Waals surface area contributed by atoms with Gasteiger partial charge < -0.3 is 14.9 Å². The maximum absolute atomic E-state index is 11.5. The Morgan fingerprint density at radius 1 is 1.29 bits per heavy atom. The first-order chi connectivity index (χ1) is 10.1. The standard InChI is InChI=1S/C13H14N4O4/c18-10(15-8-6-12(19)20)4-5-11-16-13(17-21-11)9-3-1-2-7-14-9/h1-3,7H,4-6,8H2,(H,15,18)(H,19,20). The van der Waals surface area contributed by atoms with Crippen molar-refractivity contribution >= 4 is 11.9 Å². The molecule has 0 aromatic carbocycles. The number of carboxylic acid groups (broad SMARTS) is 1. The summed E-state index contributed by atoms with van der Waals surface area (Å²) in [7, 11) is 0. The minimum absolute atomic E-state index is 0.101. The van der Waals surface area contributed by atoms with Crippen molar-refractivity contribution < 1.29 is 19.2 Å². The summed E-state index contributed by atoms with van der Waals surface area (Å²) in [6.07, 6.45) is 1.97. The number of aliphatic carboxylic acids is 1. The van der Waals surface area contributed by atoms with Gasteiger partial charge in [0.2, 0.25) is 17.6 Å². The van der Waals surface area contributed by atoms with Gasteiger partial charge in [-0.25, -0.2) is 0 Å². The molecule has 0 spiro atoms. The van der Waals surface area contributed by atoms with Gasteiger partial charge in [0.15, 0.2) is 0 Å². The van der Waals surface area contributed by atoms with Crippen molar-refractivity contribution in [3.8, 4) is 11.5 Å². The van der Waals surface area contributed by atoms with Crippen LogP contribution < -0.4 is 5.32 Å². The zero-order chi connectivity index (χ0) is 15.1. The fraction of sp³-hybridized carbons (Fsp3) is 0.308. The maximum atomic E-state index is 11.5. The number of carbonyl (C=O) groups is 2. The molecule has 2 aromatic heterocycles. The van der Waals surface area contributed by atoms with Crippen LogP contribution in [0.4, 0.5) is 0 Å². The van der Waals surface area contributed by atoms with Gasteiger partial charge in [0.25, 0.3) is 0 Å². The van der Waals surface area contributed by atoms with Crippen molar-refractivity contribution in [1.29, 1.82) is 0 Å². The molecule has 8 nitrogen and oxygen atoms in total. The van der Waals surface area contributed by atoms with Gasteiger partial charge in [-0.15, -0.1) is 0 Å². The van der Waals surface area contributed by atoms with Gasteiger partial charge in [0.05, 0.1) is 6.42 Å². The van der Waals surface area contributed by atoms with E-state index in [2.05, 4.69) is 20.4 Å². The third-order valence-corrected chi connectivity index (χ3v) is 2.59. The van der Waals surface area contributed by atoms with E-state index >= 15 is 0 Å². The number of rotatable bonds is 7. The summed E-state index contributed by atoms with van der Waals surface area (Å²) in [6, 6.07) is 5.35. The van der Waals surface area contributed by atoms with E-state index in [0.29, 0.717) is 23.8 Å². The molecule has 0 aliphatic rings. The number of aromatic nitrogens is 3. The van der Waals surface area contributed by atoms with E-state index in [9.17, 15) is 9.59 Å². The molecule has 21 heavy (non-hydrogen) atoms. The number of carboxylic acids is 1. The van der Waals surface area contributed by atoms with Crippen LogP contribution in [0.1, 0.15) is 18.7 Å². The van der Waals surface area contributed by atoms with E-state index in [1.54, 1.807) is 18.3 Å². The predicted octanol–water partition coefficient (Wildman–Crippen LogP) is 0.655.